The molecule has 2 aromatic heterocycles. The van der Waals surface area contributed by atoms with Crippen LogP contribution in [-0.2, 0) is 19.5 Å². The number of nitrogens with one attached hydrogen (secondary N) is 1. The van der Waals surface area contributed by atoms with E-state index in [4.69, 9.17) is 4.42 Å². The van der Waals surface area contributed by atoms with Crippen molar-refractivity contribution >= 4 is 0 Å². The molecular formula is C16H25N3O. The maximum Gasteiger partial charge on any atom is 0.124 e. The molecule has 0 bridgehead atoms. The van der Waals surface area contributed by atoms with Gasteiger partial charge in [0.1, 0.15) is 17.3 Å². The number of nitrogens with zero attached hydrogens (tertiary/aromatic N) is 2. The van der Waals surface area contributed by atoms with Crippen LogP contribution in [0.1, 0.15) is 50.6 Å². The van der Waals surface area contributed by atoms with E-state index in [1.807, 2.05) is 12.4 Å². The smallest absolute Gasteiger partial charge is 0.124 e. The third kappa shape index (κ3) is 3.73. The molecule has 0 unspecified atom stereocenters. The molecule has 0 aliphatic carbocycles. The van der Waals surface area contributed by atoms with Crippen molar-refractivity contribution in [1.82, 2.24) is 14.9 Å². The molecule has 0 fully saturated rings. The molecule has 0 saturated carbocycles. The molecule has 110 valence electrons. The van der Waals surface area contributed by atoms with E-state index in [9.17, 15) is 0 Å². The van der Waals surface area contributed by atoms with Gasteiger partial charge in [0.2, 0.25) is 0 Å². The van der Waals surface area contributed by atoms with Crippen molar-refractivity contribution in [2.45, 2.75) is 59.7 Å². The SMILES string of the molecule is CCc1nccn1Cc1cc(C)c(CNC(C)(C)C)o1. The predicted molar refractivity (Wildman–Crippen MR) is 80.7 cm³/mol. The molecule has 0 aromatic carbocycles. The third-order valence-electron chi connectivity index (χ3n) is 3.30. The highest BCUT2D eigenvalue weighted by Gasteiger charge is 2.13. The number of aryl methyl sites for hydroxylation is 2. The van der Waals surface area contributed by atoms with Gasteiger partial charge < -0.3 is 14.3 Å². The molecule has 0 radical (unpaired) electrons. The Morgan fingerprint density at radius 3 is 2.75 bits per heavy atom. The first-order valence-electron chi connectivity index (χ1n) is 7.22. The van der Waals surface area contributed by atoms with Crippen molar-refractivity contribution < 1.29 is 4.42 Å². The summed E-state index contributed by atoms with van der Waals surface area (Å²) in [7, 11) is 0. The van der Waals surface area contributed by atoms with E-state index in [1.165, 1.54) is 5.56 Å². The van der Waals surface area contributed by atoms with E-state index in [0.717, 1.165) is 36.9 Å². The van der Waals surface area contributed by atoms with Crippen LogP contribution in [0.25, 0.3) is 0 Å². The summed E-state index contributed by atoms with van der Waals surface area (Å²) < 4.78 is 8.11. The molecule has 4 heteroatoms. The fourth-order valence-corrected chi connectivity index (χ4v) is 2.16. The lowest BCUT2D eigenvalue weighted by atomic mass is 10.1. The van der Waals surface area contributed by atoms with Gasteiger partial charge in [0, 0.05) is 24.4 Å². The quantitative estimate of drug-likeness (QED) is 0.910. The van der Waals surface area contributed by atoms with Crippen molar-refractivity contribution in [2.75, 3.05) is 0 Å². The van der Waals surface area contributed by atoms with Crippen molar-refractivity contribution in [3.05, 3.63) is 41.4 Å². The van der Waals surface area contributed by atoms with Crippen LogP contribution in [-0.4, -0.2) is 15.1 Å². The Morgan fingerprint density at radius 1 is 1.35 bits per heavy atom. The highest BCUT2D eigenvalue weighted by Crippen LogP contribution is 2.17. The normalized spacial score (nSPS) is 12.1. The summed E-state index contributed by atoms with van der Waals surface area (Å²) in [6, 6.07) is 2.12. The molecular weight excluding hydrogens is 250 g/mol. The molecule has 0 spiro atoms. The largest absolute Gasteiger partial charge is 0.463 e. The van der Waals surface area contributed by atoms with Crippen LogP contribution in [0.2, 0.25) is 0 Å². The van der Waals surface area contributed by atoms with Gasteiger partial charge in [-0.15, -0.1) is 0 Å². The van der Waals surface area contributed by atoms with Crippen molar-refractivity contribution in [2.24, 2.45) is 0 Å². The molecule has 2 heterocycles. The monoisotopic (exact) mass is 275 g/mol. The molecule has 4 nitrogen and oxygen atoms in total. The fraction of sp³-hybridized carbons (Fsp3) is 0.562. The maximum absolute atomic E-state index is 5.97. The van der Waals surface area contributed by atoms with Crippen LogP contribution in [0.5, 0.6) is 0 Å². The van der Waals surface area contributed by atoms with Crippen LogP contribution in [0.15, 0.2) is 22.9 Å². The van der Waals surface area contributed by atoms with Crippen molar-refractivity contribution in [3.8, 4) is 0 Å². The number of hydrogen-bond acceptors (Lipinski definition) is 3. The molecule has 0 saturated heterocycles. The van der Waals surface area contributed by atoms with Gasteiger partial charge in [-0.25, -0.2) is 4.98 Å². The Bertz CT molecular complexity index is 561. The second-order valence-electron chi connectivity index (χ2n) is 6.25. The van der Waals surface area contributed by atoms with Crippen LogP contribution >= 0.6 is 0 Å². The van der Waals surface area contributed by atoms with E-state index in [1.54, 1.807) is 0 Å². The lowest BCUT2D eigenvalue weighted by Gasteiger charge is -2.19. The molecule has 1 N–H and O–H groups in total. The van der Waals surface area contributed by atoms with E-state index < -0.39 is 0 Å². The molecule has 20 heavy (non-hydrogen) atoms. The van der Waals surface area contributed by atoms with E-state index >= 15 is 0 Å². The Balaban J connectivity index is 2.07. The van der Waals surface area contributed by atoms with Gasteiger partial charge in [-0.2, -0.15) is 0 Å². The van der Waals surface area contributed by atoms with E-state index in [2.05, 4.69) is 55.6 Å². The molecule has 0 amide bonds. The fourth-order valence-electron chi connectivity index (χ4n) is 2.16. The number of aromatic nitrogens is 2. The zero-order valence-electron chi connectivity index (χ0n) is 13.2. The Hall–Kier alpha value is -1.55. The molecule has 2 rings (SSSR count). The van der Waals surface area contributed by atoms with Crippen molar-refractivity contribution in [1.29, 1.82) is 0 Å². The van der Waals surface area contributed by atoms with Crippen molar-refractivity contribution in [3.63, 3.8) is 0 Å². The standard InChI is InChI=1S/C16H25N3O/c1-6-15-17-7-8-19(15)11-13-9-12(2)14(20-13)10-18-16(3,4)5/h7-9,18H,6,10-11H2,1-5H3. The summed E-state index contributed by atoms with van der Waals surface area (Å²) in [4.78, 5) is 4.34. The van der Waals surface area contributed by atoms with Gasteiger partial charge in [-0.05, 0) is 39.3 Å². The van der Waals surface area contributed by atoms with Crippen LogP contribution in [0.3, 0.4) is 0 Å². The van der Waals surface area contributed by atoms with Crippen LogP contribution in [0, 0.1) is 6.92 Å². The van der Waals surface area contributed by atoms with Gasteiger partial charge in [-0.3, -0.25) is 0 Å². The lowest BCUT2D eigenvalue weighted by Crippen LogP contribution is -2.35. The van der Waals surface area contributed by atoms with E-state index in [-0.39, 0.29) is 5.54 Å². The topological polar surface area (TPSA) is 43.0 Å². The zero-order valence-corrected chi connectivity index (χ0v) is 13.2. The average Bonchev–Trinajstić information content (AvgIpc) is 2.93. The number of furan rings is 1. The van der Waals surface area contributed by atoms with Crippen LogP contribution in [0.4, 0.5) is 0 Å². The number of imidazole rings is 1. The van der Waals surface area contributed by atoms with Crippen LogP contribution < -0.4 is 5.32 Å². The van der Waals surface area contributed by atoms with Gasteiger partial charge in [0.15, 0.2) is 0 Å². The summed E-state index contributed by atoms with van der Waals surface area (Å²) >= 11 is 0. The zero-order chi connectivity index (χ0) is 14.8. The number of hydrogen-bond donors (Lipinski definition) is 1. The second-order valence-corrected chi connectivity index (χ2v) is 6.25. The lowest BCUT2D eigenvalue weighted by molar-refractivity contribution is 0.374. The second kappa shape index (κ2) is 5.83. The summed E-state index contributed by atoms with van der Waals surface area (Å²) in [5.74, 6) is 3.10. The first kappa shape index (κ1) is 14.9. The molecule has 2 aromatic rings. The first-order chi connectivity index (χ1) is 9.39. The van der Waals surface area contributed by atoms with Gasteiger partial charge >= 0.3 is 0 Å². The Labute approximate surface area is 121 Å². The van der Waals surface area contributed by atoms with E-state index in [0.29, 0.717) is 0 Å². The molecule has 0 aliphatic heterocycles. The van der Waals surface area contributed by atoms with Gasteiger partial charge in [-0.1, -0.05) is 6.92 Å². The highest BCUT2D eigenvalue weighted by atomic mass is 16.3. The minimum Gasteiger partial charge on any atom is -0.463 e. The minimum atomic E-state index is 0.0964. The Morgan fingerprint density at radius 2 is 2.10 bits per heavy atom. The summed E-state index contributed by atoms with van der Waals surface area (Å²) in [6.07, 6.45) is 4.78. The molecule has 0 aliphatic rings. The predicted octanol–water partition coefficient (Wildman–Crippen LogP) is 3.28. The third-order valence-corrected chi connectivity index (χ3v) is 3.30. The summed E-state index contributed by atoms with van der Waals surface area (Å²) in [5, 5.41) is 3.46. The Kier molecular flexibility index (Phi) is 4.33. The van der Waals surface area contributed by atoms with Gasteiger partial charge in [0.25, 0.3) is 0 Å². The highest BCUT2D eigenvalue weighted by molar-refractivity contribution is 5.20. The summed E-state index contributed by atoms with van der Waals surface area (Å²) in [5.41, 5.74) is 1.30. The minimum absolute atomic E-state index is 0.0964. The average molecular weight is 275 g/mol. The number of rotatable bonds is 5. The molecule has 0 atom stereocenters. The van der Waals surface area contributed by atoms with Gasteiger partial charge in [0.05, 0.1) is 13.1 Å². The first-order valence-corrected chi connectivity index (χ1v) is 7.22. The summed E-state index contributed by atoms with van der Waals surface area (Å²) in [6.45, 7) is 12.2. The maximum atomic E-state index is 5.97.